The minimum atomic E-state index is 0.520. The highest BCUT2D eigenvalue weighted by Crippen LogP contribution is 2.42. The molecule has 1 unspecified atom stereocenters. The second kappa shape index (κ2) is 6.59. The molecule has 1 aliphatic carbocycles. The van der Waals surface area contributed by atoms with Crippen molar-refractivity contribution in [3.63, 3.8) is 0 Å². The molecule has 0 saturated heterocycles. The van der Waals surface area contributed by atoms with Gasteiger partial charge in [0.05, 0.1) is 19.2 Å². The zero-order valence-corrected chi connectivity index (χ0v) is 13.6. The van der Waals surface area contributed by atoms with Gasteiger partial charge in [0.25, 0.3) is 0 Å². The van der Waals surface area contributed by atoms with Crippen LogP contribution in [0.1, 0.15) is 23.5 Å². The van der Waals surface area contributed by atoms with Gasteiger partial charge in [0.15, 0.2) is 11.5 Å². The van der Waals surface area contributed by atoms with Gasteiger partial charge in [-0.25, -0.2) is 0 Å². The standard InChI is InChI=1S/C18H20ClNO2/c1-21-16-9-8-13(17(19)18(16)22-2)11-20-15-10-14(15)12-6-4-3-5-7-12/h3-9,14-15,20H,10-11H2,1-2H3/t14?,15-/m0/s1. The van der Waals surface area contributed by atoms with E-state index in [0.29, 0.717) is 28.5 Å². The van der Waals surface area contributed by atoms with Gasteiger partial charge in [0, 0.05) is 18.5 Å². The number of hydrogen-bond acceptors (Lipinski definition) is 3. The number of nitrogens with one attached hydrogen (secondary N) is 1. The summed E-state index contributed by atoms with van der Waals surface area (Å²) in [5, 5.41) is 4.19. The van der Waals surface area contributed by atoms with E-state index in [1.807, 2.05) is 12.1 Å². The first-order valence-corrected chi connectivity index (χ1v) is 7.80. The molecule has 0 aromatic heterocycles. The number of hydrogen-bond donors (Lipinski definition) is 1. The molecule has 22 heavy (non-hydrogen) atoms. The van der Waals surface area contributed by atoms with E-state index in [1.165, 1.54) is 12.0 Å². The molecule has 2 aromatic carbocycles. The van der Waals surface area contributed by atoms with Crippen LogP contribution in [0.5, 0.6) is 11.5 Å². The summed E-state index contributed by atoms with van der Waals surface area (Å²) in [6.07, 6.45) is 1.18. The van der Waals surface area contributed by atoms with Crippen LogP contribution in [0.15, 0.2) is 42.5 Å². The van der Waals surface area contributed by atoms with Gasteiger partial charge in [-0.3, -0.25) is 0 Å². The van der Waals surface area contributed by atoms with Gasteiger partial charge in [-0.05, 0) is 23.6 Å². The smallest absolute Gasteiger partial charge is 0.179 e. The highest BCUT2D eigenvalue weighted by molar-refractivity contribution is 6.33. The van der Waals surface area contributed by atoms with Crippen molar-refractivity contribution in [2.75, 3.05) is 14.2 Å². The van der Waals surface area contributed by atoms with E-state index < -0.39 is 0 Å². The van der Waals surface area contributed by atoms with Gasteiger partial charge in [0.1, 0.15) is 0 Å². The van der Waals surface area contributed by atoms with Gasteiger partial charge < -0.3 is 14.8 Å². The van der Waals surface area contributed by atoms with Crippen molar-refractivity contribution in [2.24, 2.45) is 0 Å². The third-order valence-corrected chi connectivity index (χ3v) is 4.55. The molecule has 2 atom stereocenters. The number of halogens is 1. The lowest BCUT2D eigenvalue weighted by molar-refractivity contribution is 0.354. The molecule has 4 heteroatoms. The Morgan fingerprint density at radius 3 is 2.55 bits per heavy atom. The Labute approximate surface area is 136 Å². The lowest BCUT2D eigenvalue weighted by Gasteiger charge is -2.13. The van der Waals surface area contributed by atoms with Crippen LogP contribution in [-0.4, -0.2) is 20.3 Å². The topological polar surface area (TPSA) is 30.5 Å². The molecule has 116 valence electrons. The van der Waals surface area contributed by atoms with Gasteiger partial charge in [-0.15, -0.1) is 0 Å². The van der Waals surface area contributed by atoms with Crippen molar-refractivity contribution < 1.29 is 9.47 Å². The van der Waals surface area contributed by atoms with E-state index in [9.17, 15) is 0 Å². The minimum absolute atomic E-state index is 0.520. The monoisotopic (exact) mass is 317 g/mol. The van der Waals surface area contributed by atoms with Gasteiger partial charge in [0.2, 0.25) is 0 Å². The molecule has 0 heterocycles. The first-order valence-electron chi connectivity index (χ1n) is 7.42. The Bertz CT molecular complexity index is 645. The molecular weight excluding hydrogens is 298 g/mol. The minimum Gasteiger partial charge on any atom is -0.493 e. The van der Waals surface area contributed by atoms with Gasteiger partial charge in [-0.1, -0.05) is 48.0 Å². The average Bonchev–Trinajstić information content (AvgIpc) is 3.34. The highest BCUT2D eigenvalue weighted by Gasteiger charge is 2.37. The molecule has 3 rings (SSSR count). The molecule has 1 fully saturated rings. The second-order valence-electron chi connectivity index (χ2n) is 5.51. The lowest BCUT2D eigenvalue weighted by Crippen LogP contribution is -2.17. The zero-order chi connectivity index (χ0) is 15.5. The van der Waals surface area contributed by atoms with Crippen LogP contribution in [0.4, 0.5) is 0 Å². The Kier molecular flexibility index (Phi) is 4.55. The zero-order valence-electron chi connectivity index (χ0n) is 12.8. The van der Waals surface area contributed by atoms with Crippen LogP contribution in [0.25, 0.3) is 0 Å². The molecule has 0 radical (unpaired) electrons. The maximum absolute atomic E-state index is 6.41. The van der Waals surface area contributed by atoms with E-state index in [-0.39, 0.29) is 0 Å². The SMILES string of the molecule is COc1ccc(CN[C@H]2CC2c2ccccc2)c(Cl)c1OC. The third-order valence-electron chi connectivity index (χ3n) is 4.14. The summed E-state index contributed by atoms with van der Waals surface area (Å²) in [5.41, 5.74) is 2.43. The van der Waals surface area contributed by atoms with Crippen molar-refractivity contribution in [2.45, 2.75) is 24.9 Å². The Balaban J connectivity index is 1.64. The summed E-state index contributed by atoms with van der Waals surface area (Å²) in [6.45, 7) is 0.729. The van der Waals surface area contributed by atoms with Gasteiger partial charge in [-0.2, -0.15) is 0 Å². The molecule has 0 aliphatic heterocycles. The highest BCUT2D eigenvalue weighted by atomic mass is 35.5. The fraction of sp³-hybridized carbons (Fsp3) is 0.333. The van der Waals surface area contributed by atoms with Crippen LogP contribution in [0, 0.1) is 0 Å². The van der Waals surface area contributed by atoms with Gasteiger partial charge >= 0.3 is 0 Å². The molecule has 0 amide bonds. The summed E-state index contributed by atoms with van der Waals surface area (Å²) in [4.78, 5) is 0. The molecular formula is C18H20ClNO2. The van der Waals surface area contributed by atoms with Crippen molar-refractivity contribution in [3.8, 4) is 11.5 Å². The van der Waals surface area contributed by atoms with E-state index in [0.717, 1.165) is 12.1 Å². The maximum Gasteiger partial charge on any atom is 0.179 e. The van der Waals surface area contributed by atoms with E-state index in [2.05, 4.69) is 35.6 Å². The fourth-order valence-electron chi connectivity index (χ4n) is 2.80. The first kappa shape index (κ1) is 15.2. The van der Waals surface area contributed by atoms with Crippen LogP contribution < -0.4 is 14.8 Å². The number of benzene rings is 2. The van der Waals surface area contributed by atoms with Crippen LogP contribution in [0.3, 0.4) is 0 Å². The molecule has 0 spiro atoms. The molecule has 3 nitrogen and oxygen atoms in total. The van der Waals surface area contributed by atoms with Crippen LogP contribution in [0.2, 0.25) is 5.02 Å². The quantitative estimate of drug-likeness (QED) is 0.873. The molecule has 1 saturated carbocycles. The van der Waals surface area contributed by atoms with Crippen LogP contribution in [-0.2, 0) is 6.54 Å². The molecule has 1 aliphatic rings. The predicted octanol–water partition coefficient (Wildman–Crippen LogP) is 4.00. The summed E-state index contributed by atoms with van der Waals surface area (Å²) < 4.78 is 10.6. The van der Waals surface area contributed by atoms with E-state index >= 15 is 0 Å². The third kappa shape index (κ3) is 3.06. The Hall–Kier alpha value is -1.71. The van der Waals surface area contributed by atoms with Crippen LogP contribution >= 0.6 is 11.6 Å². The summed E-state index contributed by atoms with van der Waals surface area (Å²) >= 11 is 6.41. The number of methoxy groups -OCH3 is 2. The lowest BCUT2D eigenvalue weighted by atomic mass is 10.1. The summed E-state index contributed by atoms with van der Waals surface area (Å²) in [7, 11) is 3.22. The normalized spacial score (nSPS) is 19.8. The van der Waals surface area contributed by atoms with Crippen molar-refractivity contribution in [1.82, 2.24) is 5.32 Å². The number of ether oxygens (including phenoxy) is 2. The summed E-state index contributed by atoms with van der Waals surface area (Å²) in [6, 6.07) is 15.0. The summed E-state index contributed by atoms with van der Waals surface area (Å²) in [5.74, 6) is 1.86. The van der Waals surface area contributed by atoms with Crippen molar-refractivity contribution in [1.29, 1.82) is 0 Å². The fourth-order valence-corrected chi connectivity index (χ4v) is 3.10. The maximum atomic E-state index is 6.41. The number of rotatable bonds is 6. The van der Waals surface area contributed by atoms with Crippen molar-refractivity contribution >= 4 is 11.6 Å². The molecule has 0 bridgehead atoms. The second-order valence-corrected chi connectivity index (χ2v) is 5.89. The Morgan fingerprint density at radius 1 is 1.09 bits per heavy atom. The molecule has 2 aromatic rings. The first-order chi connectivity index (χ1) is 10.7. The average molecular weight is 318 g/mol. The Morgan fingerprint density at radius 2 is 1.86 bits per heavy atom. The van der Waals surface area contributed by atoms with Crippen molar-refractivity contribution in [3.05, 3.63) is 58.6 Å². The largest absolute Gasteiger partial charge is 0.493 e. The predicted molar refractivity (Wildman–Crippen MR) is 89.0 cm³/mol. The van der Waals surface area contributed by atoms with E-state index in [4.69, 9.17) is 21.1 Å². The van der Waals surface area contributed by atoms with E-state index in [1.54, 1.807) is 14.2 Å². The molecule has 1 N–H and O–H groups in total.